The topological polar surface area (TPSA) is 86.7 Å². The number of rotatable bonds is 7. The number of para-hydroxylation sites is 1. The van der Waals surface area contributed by atoms with E-state index in [1.165, 1.54) is 0 Å². The van der Waals surface area contributed by atoms with Gasteiger partial charge in [-0.25, -0.2) is 4.79 Å². The second-order valence-corrected chi connectivity index (χ2v) is 10.4. The van der Waals surface area contributed by atoms with Crippen molar-refractivity contribution in [3.05, 3.63) is 112 Å². The lowest BCUT2D eigenvalue weighted by Crippen LogP contribution is -2.52. The maximum Gasteiger partial charge on any atom is 0.317 e. The Balaban J connectivity index is 1.67. The van der Waals surface area contributed by atoms with Crippen molar-refractivity contribution >= 4 is 22.7 Å². The molecule has 1 aliphatic heterocycles. The molecule has 4 aromatic rings. The van der Waals surface area contributed by atoms with Crippen LogP contribution in [0.15, 0.2) is 89.7 Å². The number of nitrogens with zero attached hydrogens (tertiary/aromatic N) is 3. The van der Waals surface area contributed by atoms with Gasteiger partial charge in [-0.3, -0.25) is 19.1 Å². The van der Waals surface area contributed by atoms with E-state index in [-0.39, 0.29) is 29.6 Å². The number of nitrogens with one attached hydrogen (secondary N) is 2. The Kier molecular flexibility index (Phi) is 8.50. The van der Waals surface area contributed by atoms with E-state index in [1.54, 1.807) is 22.6 Å². The molecule has 41 heavy (non-hydrogen) atoms. The highest BCUT2D eigenvalue weighted by atomic mass is 16.2. The third-order valence-electron chi connectivity index (χ3n) is 8.04. The molecule has 0 radical (unpaired) electrons. The van der Waals surface area contributed by atoms with Crippen LogP contribution in [-0.2, 0) is 0 Å². The molecule has 0 aliphatic carbocycles. The van der Waals surface area contributed by atoms with E-state index in [4.69, 9.17) is 0 Å². The monoisotopic (exact) mass is 551 g/mol. The van der Waals surface area contributed by atoms with Gasteiger partial charge in [0.15, 0.2) is 0 Å². The molecule has 212 valence electrons. The van der Waals surface area contributed by atoms with Crippen LogP contribution in [0.4, 0.5) is 4.79 Å². The van der Waals surface area contributed by atoms with Crippen molar-refractivity contribution in [1.82, 2.24) is 25.0 Å². The van der Waals surface area contributed by atoms with Crippen LogP contribution < -0.4 is 16.2 Å². The van der Waals surface area contributed by atoms with Crippen molar-refractivity contribution in [3.63, 3.8) is 0 Å². The first-order valence-corrected chi connectivity index (χ1v) is 14.2. The number of pyridine rings is 1. The molecule has 3 aromatic carbocycles. The molecule has 0 spiro atoms. The summed E-state index contributed by atoms with van der Waals surface area (Å²) < 4.78 is 1.70. The summed E-state index contributed by atoms with van der Waals surface area (Å²) in [6, 6.07) is 26.3. The minimum absolute atomic E-state index is 0.101. The lowest BCUT2D eigenvalue weighted by molar-refractivity contribution is 0.0925. The van der Waals surface area contributed by atoms with Crippen LogP contribution in [-0.4, -0.2) is 59.5 Å². The summed E-state index contributed by atoms with van der Waals surface area (Å²) in [5.74, 6) is -0.215. The van der Waals surface area contributed by atoms with Crippen molar-refractivity contribution in [2.45, 2.75) is 32.4 Å². The number of piperazine rings is 1. The Morgan fingerprint density at radius 3 is 2.02 bits per heavy atom. The largest absolute Gasteiger partial charge is 0.345 e. The molecular weight excluding hydrogens is 514 g/mol. The molecule has 1 saturated heterocycles. The van der Waals surface area contributed by atoms with E-state index in [9.17, 15) is 14.4 Å². The second kappa shape index (κ2) is 12.4. The fourth-order valence-corrected chi connectivity index (χ4v) is 5.82. The summed E-state index contributed by atoms with van der Waals surface area (Å²) in [6.45, 7) is 6.45. The van der Waals surface area contributed by atoms with E-state index >= 15 is 0 Å². The van der Waals surface area contributed by atoms with Crippen molar-refractivity contribution < 1.29 is 9.59 Å². The van der Waals surface area contributed by atoms with Gasteiger partial charge in [-0.2, -0.15) is 0 Å². The van der Waals surface area contributed by atoms with Gasteiger partial charge in [-0.1, -0.05) is 73.7 Å². The fraction of sp³-hybridized carbons (Fsp3) is 0.303. The van der Waals surface area contributed by atoms with Crippen LogP contribution in [0.2, 0.25) is 0 Å². The quantitative estimate of drug-likeness (QED) is 0.343. The molecule has 1 aromatic heterocycles. The number of benzene rings is 3. The van der Waals surface area contributed by atoms with Crippen LogP contribution in [0.1, 0.15) is 54.0 Å². The number of carbonyl (C=O) groups excluding carboxylic acids is 2. The maximum atomic E-state index is 14.4. The van der Waals surface area contributed by atoms with Crippen LogP contribution >= 0.6 is 0 Å². The van der Waals surface area contributed by atoms with Crippen LogP contribution in [0, 0.1) is 0 Å². The first-order valence-electron chi connectivity index (χ1n) is 14.2. The SMILES string of the molecule is CC[C@H](NC(=O)c1c(C(C)N2CCN(C(=O)NC)CC2)n(-c2ccccc2)c(=O)c2ccccc12)c1ccccc1. The number of fused-ring (bicyclic) bond motifs is 1. The average Bonchev–Trinajstić information content (AvgIpc) is 3.03. The smallest absolute Gasteiger partial charge is 0.317 e. The van der Waals surface area contributed by atoms with Crippen LogP contribution in [0.25, 0.3) is 16.5 Å². The van der Waals surface area contributed by atoms with Crippen molar-refractivity contribution in [2.75, 3.05) is 33.2 Å². The van der Waals surface area contributed by atoms with Crippen molar-refractivity contribution in [1.29, 1.82) is 0 Å². The number of aromatic nitrogens is 1. The molecule has 1 aliphatic rings. The summed E-state index contributed by atoms with van der Waals surface area (Å²) >= 11 is 0. The zero-order chi connectivity index (χ0) is 28.9. The van der Waals surface area contributed by atoms with Gasteiger partial charge < -0.3 is 15.5 Å². The molecule has 1 fully saturated rings. The number of hydrogen-bond acceptors (Lipinski definition) is 4. The Bertz CT molecular complexity index is 1580. The van der Waals surface area contributed by atoms with E-state index in [0.29, 0.717) is 53.9 Å². The molecule has 2 heterocycles. The molecule has 3 amide bonds. The highest BCUT2D eigenvalue weighted by Gasteiger charge is 2.32. The molecule has 8 heteroatoms. The normalized spacial score (nSPS) is 15.3. The molecular formula is C33H37N5O3. The lowest BCUT2D eigenvalue weighted by atomic mass is 9.96. The van der Waals surface area contributed by atoms with E-state index in [1.807, 2.05) is 85.8 Å². The summed E-state index contributed by atoms with van der Waals surface area (Å²) in [5.41, 5.74) is 2.72. The molecule has 0 bridgehead atoms. The number of amides is 3. The highest BCUT2D eigenvalue weighted by Crippen LogP contribution is 2.31. The molecule has 5 rings (SSSR count). The molecule has 1 unspecified atom stereocenters. The van der Waals surface area contributed by atoms with Gasteiger partial charge in [-0.05, 0) is 37.1 Å². The fourth-order valence-electron chi connectivity index (χ4n) is 5.82. The Morgan fingerprint density at radius 1 is 0.829 bits per heavy atom. The van der Waals surface area contributed by atoms with Gasteiger partial charge in [-0.15, -0.1) is 0 Å². The minimum Gasteiger partial charge on any atom is -0.345 e. The maximum absolute atomic E-state index is 14.4. The van der Waals surface area contributed by atoms with Gasteiger partial charge in [0.25, 0.3) is 11.5 Å². The molecule has 8 nitrogen and oxygen atoms in total. The van der Waals surface area contributed by atoms with E-state index in [0.717, 1.165) is 12.0 Å². The lowest BCUT2D eigenvalue weighted by Gasteiger charge is -2.39. The number of hydrogen-bond donors (Lipinski definition) is 2. The summed E-state index contributed by atoms with van der Waals surface area (Å²) in [6.07, 6.45) is 0.721. The summed E-state index contributed by atoms with van der Waals surface area (Å²) in [4.78, 5) is 44.8. The highest BCUT2D eigenvalue weighted by molar-refractivity contribution is 6.08. The molecule has 2 atom stereocenters. The number of urea groups is 1. The summed E-state index contributed by atoms with van der Waals surface area (Å²) in [5, 5.41) is 7.11. The van der Waals surface area contributed by atoms with E-state index < -0.39 is 0 Å². The Labute approximate surface area is 240 Å². The van der Waals surface area contributed by atoms with Gasteiger partial charge >= 0.3 is 6.03 Å². The standard InChI is InChI=1S/C33H37N5O3/c1-4-28(24-13-7-5-8-14-24)35-31(39)29-26-17-11-12-18-27(26)32(40)38(25-15-9-6-10-16-25)30(29)23(2)36-19-21-37(22-20-36)33(41)34-3/h5-18,23,28H,4,19-22H2,1-3H3,(H,34,41)(H,35,39)/t23?,28-/m0/s1. The van der Waals surface area contributed by atoms with Gasteiger partial charge in [0.05, 0.1) is 17.3 Å². The Morgan fingerprint density at radius 2 is 1.41 bits per heavy atom. The first kappa shape index (κ1) is 28.1. The Hall–Kier alpha value is -4.43. The first-order chi connectivity index (χ1) is 19.9. The predicted octanol–water partition coefficient (Wildman–Crippen LogP) is 4.89. The van der Waals surface area contributed by atoms with Gasteiger partial charge in [0, 0.05) is 55.7 Å². The predicted molar refractivity (Wildman–Crippen MR) is 163 cm³/mol. The van der Waals surface area contributed by atoms with Crippen LogP contribution in [0.3, 0.4) is 0 Å². The third-order valence-corrected chi connectivity index (χ3v) is 8.04. The van der Waals surface area contributed by atoms with Crippen molar-refractivity contribution in [2.24, 2.45) is 0 Å². The summed E-state index contributed by atoms with van der Waals surface area (Å²) in [7, 11) is 1.63. The van der Waals surface area contributed by atoms with Crippen LogP contribution in [0.5, 0.6) is 0 Å². The third kappa shape index (κ3) is 5.60. The zero-order valence-corrected chi connectivity index (χ0v) is 23.8. The average molecular weight is 552 g/mol. The van der Waals surface area contributed by atoms with E-state index in [2.05, 4.69) is 22.5 Å². The zero-order valence-electron chi connectivity index (χ0n) is 23.8. The molecule has 0 saturated carbocycles. The number of carbonyl (C=O) groups is 2. The minimum atomic E-state index is -0.281. The molecule has 2 N–H and O–H groups in total. The second-order valence-electron chi connectivity index (χ2n) is 10.4. The van der Waals surface area contributed by atoms with Gasteiger partial charge in [0.2, 0.25) is 0 Å². The van der Waals surface area contributed by atoms with Crippen molar-refractivity contribution in [3.8, 4) is 5.69 Å². The van der Waals surface area contributed by atoms with Gasteiger partial charge in [0.1, 0.15) is 0 Å².